The third-order valence-corrected chi connectivity index (χ3v) is 5.74. The molecule has 1 atom stereocenters. The van der Waals surface area contributed by atoms with Gasteiger partial charge in [-0.15, -0.1) is 0 Å². The van der Waals surface area contributed by atoms with Crippen LogP contribution in [0.2, 0.25) is 0 Å². The van der Waals surface area contributed by atoms with Gasteiger partial charge in [0.2, 0.25) is 0 Å². The van der Waals surface area contributed by atoms with E-state index in [0.29, 0.717) is 24.3 Å². The van der Waals surface area contributed by atoms with Crippen molar-refractivity contribution in [2.24, 2.45) is 0 Å². The van der Waals surface area contributed by atoms with Crippen molar-refractivity contribution in [2.75, 3.05) is 38.2 Å². The summed E-state index contributed by atoms with van der Waals surface area (Å²) in [6.45, 7) is 0.837. The van der Waals surface area contributed by atoms with Crippen molar-refractivity contribution < 1.29 is 24.5 Å². The molecule has 4 rings (SSSR count). The maximum absolute atomic E-state index is 13.0. The van der Waals surface area contributed by atoms with Crippen LogP contribution in [0.5, 0.6) is 5.75 Å². The third-order valence-electron chi connectivity index (χ3n) is 5.74. The number of carbonyl (C=O) groups is 2. The number of hydrogen-bond donors (Lipinski definition) is 2. The lowest BCUT2D eigenvalue weighted by atomic mass is 9.91. The fourth-order valence-electron chi connectivity index (χ4n) is 4.30. The predicted octanol–water partition coefficient (Wildman–Crippen LogP) is 2.20. The first-order chi connectivity index (χ1) is 15.8. The van der Waals surface area contributed by atoms with Gasteiger partial charge in [-0.3, -0.25) is 14.8 Å². The number of carboxylic acids is 1. The first-order valence-electron chi connectivity index (χ1n) is 10.7. The summed E-state index contributed by atoms with van der Waals surface area (Å²) in [5.41, 5.74) is 1.08. The number of carbonyl (C=O) groups excluding carboxylic acids is 1. The average molecular weight is 450 g/mol. The van der Waals surface area contributed by atoms with Crippen molar-refractivity contribution in [3.8, 4) is 5.75 Å². The van der Waals surface area contributed by atoms with E-state index < -0.39 is 18.2 Å². The Morgan fingerprint density at radius 2 is 2.09 bits per heavy atom. The van der Waals surface area contributed by atoms with Crippen LogP contribution in [0.3, 0.4) is 0 Å². The summed E-state index contributed by atoms with van der Waals surface area (Å²) in [6, 6.07) is 10.2. The minimum absolute atomic E-state index is 0.157. The molecule has 1 aromatic carbocycles. The maximum atomic E-state index is 13.0. The quantitative estimate of drug-likeness (QED) is 0.563. The van der Waals surface area contributed by atoms with E-state index in [1.54, 1.807) is 43.8 Å². The van der Waals surface area contributed by atoms with Crippen LogP contribution in [0.25, 0.3) is 10.9 Å². The third kappa shape index (κ3) is 5.20. The number of anilines is 1. The van der Waals surface area contributed by atoms with Crippen LogP contribution >= 0.6 is 0 Å². The molecule has 1 amide bonds. The number of benzene rings is 1. The van der Waals surface area contributed by atoms with E-state index >= 15 is 0 Å². The van der Waals surface area contributed by atoms with Crippen molar-refractivity contribution in [3.05, 3.63) is 60.6 Å². The maximum Gasteiger partial charge on any atom is 0.341 e. The number of piperidine rings is 1. The molecule has 0 radical (unpaired) electrons. The molecule has 9 nitrogen and oxygen atoms in total. The standard InChI is InChI=1S/C24H26N4O5/c1-27(23(31)17-4-2-5-18(12-17)33-14-22(29)30)15-24(32)8-3-11-28(16-24)21-7-10-26-20-6-9-25-13-19(20)21/h2,4-7,9-10,12-13,32H,3,8,11,14-16H2,1H3,(H,29,30). The number of rotatable bonds is 7. The van der Waals surface area contributed by atoms with Crippen molar-refractivity contribution in [2.45, 2.75) is 18.4 Å². The minimum atomic E-state index is -1.09. The van der Waals surface area contributed by atoms with Crippen LogP contribution in [-0.2, 0) is 4.79 Å². The summed E-state index contributed by atoms with van der Waals surface area (Å²) in [5.74, 6) is -1.07. The second-order valence-electron chi connectivity index (χ2n) is 8.34. The molecule has 1 aliphatic heterocycles. The summed E-state index contributed by atoms with van der Waals surface area (Å²) in [7, 11) is 1.65. The van der Waals surface area contributed by atoms with Gasteiger partial charge in [-0.05, 0) is 43.2 Å². The highest BCUT2D eigenvalue weighted by molar-refractivity contribution is 5.94. The second-order valence-corrected chi connectivity index (χ2v) is 8.34. The first kappa shape index (κ1) is 22.5. The number of nitrogens with zero attached hydrogens (tertiary/aromatic N) is 4. The van der Waals surface area contributed by atoms with E-state index in [-0.39, 0.29) is 12.5 Å². The number of hydrogen-bond acceptors (Lipinski definition) is 7. The molecule has 1 saturated heterocycles. The average Bonchev–Trinajstić information content (AvgIpc) is 2.81. The lowest BCUT2D eigenvalue weighted by Crippen LogP contribution is -2.54. The Balaban J connectivity index is 1.47. The van der Waals surface area contributed by atoms with Crippen LogP contribution < -0.4 is 9.64 Å². The lowest BCUT2D eigenvalue weighted by Gasteiger charge is -2.42. The highest BCUT2D eigenvalue weighted by Crippen LogP contribution is 2.31. The molecule has 0 spiro atoms. The molecule has 2 aromatic heterocycles. The normalized spacial score (nSPS) is 18.2. The van der Waals surface area contributed by atoms with Gasteiger partial charge in [-0.2, -0.15) is 0 Å². The van der Waals surface area contributed by atoms with Gasteiger partial charge in [0.05, 0.1) is 17.7 Å². The van der Waals surface area contributed by atoms with Crippen molar-refractivity contribution in [1.82, 2.24) is 14.9 Å². The zero-order valence-corrected chi connectivity index (χ0v) is 18.3. The molecule has 1 fully saturated rings. The first-order valence-corrected chi connectivity index (χ1v) is 10.7. The van der Waals surface area contributed by atoms with Gasteiger partial charge in [0.15, 0.2) is 6.61 Å². The predicted molar refractivity (Wildman–Crippen MR) is 122 cm³/mol. The monoisotopic (exact) mass is 450 g/mol. The lowest BCUT2D eigenvalue weighted by molar-refractivity contribution is -0.139. The summed E-state index contributed by atoms with van der Waals surface area (Å²) in [5, 5.41) is 21.1. The molecule has 0 bridgehead atoms. The number of likely N-dealkylation sites (N-methyl/N-ethyl adjacent to an activating group) is 1. The van der Waals surface area contributed by atoms with Crippen LogP contribution in [-0.4, -0.2) is 75.8 Å². The van der Waals surface area contributed by atoms with Crippen molar-refractivity contribution in [1.29, 1.82) is 0 Å². The number of pyridine rings is 2. The van der Waals surface area contributed by atoms with Crippen molar-refractivity contribution >= 4 is 28.5 Å². The Labute approximate surface area is 191 Å². The molecular weight excluding hydrogens is 424 g/mol. The summed E-state index contributed by atoms with van der Waals surface area (Å²) >= 11 is 0. The molecule has 33 heavy (non-hydrogen) atoms. The smallest absolute Gasteiger partial charge is 0.341 e. The topological polar surface area (TPSA) is 116 Å². The van der Waals surface area contributed by atoms with Gasteiger partial charge < -0.3 is 24.7 Å². The van der Waals surface area contributed by atoms with Gasteiger partial charge >= 0.3 is 5.97 Å². The number of amides is 1. The van der Waals surface area contributed by atoms with Crippen molar-refractivity contribution in [3.63, 3.8) is 0 Å². The Morgan fingerprint density at radius 3 is 2.91 bits per heavy atom. The fraction of sp³-hybridized carbons (Fsp3) is 0.333. The Hall–Kier alpha value is -3.72. The van der Waals surface area contributed by atoms with Gasteiger partial charge in [-0.25, -0.2) is 4.79 Å². The Kier molecular flexibility index (Phi) is 6.41. The van der Waals surface area contributed by atoms with E-state index in [2.05, 4.69) is 14.9 Å². The molecule has 2 N–H and O–H groups in total. The number of fused-ring (bicyclic) bond motifs is 1. The summed E-state index contributed by atoms with van der Waals surface area (Å²) < 4.78 is 5.17. The Bertz CT molecular complexity index is 1170. The SMILES string of the molecule is CN(CC1(O)CCCN(c2ccnc3ccncc23)C1)C(=O)c1cccc(OCC(=O)O)c1. The fourth-order valence-corrected chi connectivity index (χ4v) is 4.30. The van der Waals surface area contributed by atoms with Crippen LogP contribution in [0.15, 0.2) is 55.0 Å². The van der Waals surface area contributed by atoms with Gasteiger partial charge in [0, 0.05) is 55.4 Å². The number of aromatic nitrogens is 2. The largest absolute Gasteiger partial charge is 0.482 e. The molecule has 9 heteroatoms. The molecular formula is C24H26N4O5. The molecule has 172 valence electrons. The Morgan fingerprint density at radius 1 is 1.24 bits per heavy atom. The summed E-state index contributed by atoms with van der Waals surface area (Å²) in [4.78, 5) is 35.9. The zero-order valence-electron chi connectivity index (χ0n) is 18.3. The van der Waals surface area contributed by atoms with E-state index in [1.807, 2.05) is 12.1 Å². The zero-order chi connectivity index (χ0) is 23.4. The van der Waals surface area contributed by atoms with E-state index in [0.717, 1.165) is 29.6 Å². The number of ether oxygens (including phenoxy) is 1. The van der Waals surface area contributed by atoms with Gasteiger partial charge in [-0.1, -0.05) is 6.07 Å². The van der Waals surface area contributed by atoms with Crippen LogP contribution in [0.1, 0.15) is 23.2 Å². The van der Waals surface area contributed by atoms with E-state index in [9.17, 15) is 14.7 Å². The number of aliphatic carboxylic acids is 1. The van der Waals surface area contributed by atoms with Crippen LogP contribution in [0.4, 0.5) is 5.69 Å². The molecule has 1 aliphatic rings. The number of carboxylic acid groups (broad SMARTS) is 1. The van der Waals surface area contributed by atoms with Gasteiger partial charge in [0.25, 0.3) is 5.91 Å². The molecule has 3 heterocycles. The van der Waals surface area contributed by atoms with E-state index in [4.69, 9.17) is 9.84 Å². The minimum Gasteiger partial charge on any atom is -0.482 e. The number of aliphatic hydroxyl groups is 1. The van der Waals surface area contributed by atoms with Gasteiger partial charge in [0.1, 0.15) is 5.75 Å². The molecule has 0 aliphatic carbocycles. The highest BCUT2D eigenvalue weighted by atomic mass is 16.5. The molecule has 1 unspecified atom stereocenters. The van der Waals surface area contributed by atoms with Crippen LogP contribution in [0, 0.1) is 0 Å². The highest BCUT2D eigenvalue weighted by Gasteiger charge is 2.36. The molecule has 3 aromatic rings. The second kappa shape index (κ2) is 9.41. The van der Waals surface area contributed by atoms with E-state index in [1.165, 1.54) is 11.0 Å². The summed E-state index contributed by atoms with van der Waals surface area (Å²) in [6.07, 6.45) is 6.58. The molecule has 0 saturated carbocycles. The number of β-amino-alcohol motifs (C(OH)–C–C–N with tert-alkyl or cyclic N) is 1.